The summed E-state index contributed by atoms with van der Waals surface area (Å²) in [4.78, 5) is 44.6. The number of ether oxygens (including phenoxy) is 1. The number of amides is 1. The van der Waals surface area contributed by atoms with Gasteiger partial charge in [-0.1, -0.05) is 0 Å². The number of aromatic nitrogens is 2. The molecule has 1 amide bonds. The summed E-state index contributed by atoms with van der Waals surface area (Å²) >= 11 is 0. The van der Waals surface area contributed by atoms with Crippen LogP contribution in [0.5, 0.6) is 5.75 Å². The van der Waals surface area contributed by atoms with Gasteiger partial charge in [-0.05, 0) is 26.2 Å². The largest absolute Gasteiger partial charge is 0.501 e. The van der Waals surface area contributed by atoms with Crippen LogP contribution in [0, 0.1) is 5.41 Å². The molecule has 9 nitrogen and oxygen atoms in total. The van der Waals surface area contributed by atoms with Crippen molar-refractivity contribution in [3.05, 3.63) is 16.0 Å². The molecule has 26 heavy (non-hydrogen) atoms. The zero-order valence-corrected chi connectivity index (χ0v) is 15.3. The molecule has 0 radical (unpaired) electrons. The van der Waals surface area contributed by atoms with Crippen molar-refractivity contribution >= 4 is 17.8 Å². The highest BCUT2D eigenvalue weighted by molar-refractivity contribution is 5.90. The normalized spacial score (nSPS) is 19.3. The van der Waals surface area contributed by atoms with Gasteiger partial charge in [0.2, 0.25) is 17.6 Å². The maximum atomic E-state index is 12.4. The highest BCUT2D eigenvalue weighted by Crippen LogP contribution is 2.41. The molecule has 0 aliphatic carbocycles. The molecule has 1 aromatic rings. The second-order valence-electron chi connectivity index (χ2n) is 6.94. The number of likely N-dealkylation sites (tertiary alicyclic amines) is 1. The van der Waals surface area contributed by atoms with E-state index < -0.39 is 17.3 Å². The molecule has 2 fully saturated rings. The van der Waals surface area contributed by atoms with Gasteiger partial charge in [0.1, 0.15) is 0 Å². The number of nitrogens with zero attached hydrogens (tertiary/aromatic N) is 4. The molecular weight excluding hydrogens is 340 g/mol. The van der Waals surface area contributed by atoms with Crippen LogP contribution in [0.3, 0.4) is 0 Å². The summed E-state index contributed by atoms with van der Waals surface area (Å²) in [5.74, 6) is -1.07. The third-order valence-corrected chi connectivity index (χ3v) is 5.44. The van der Waals surface area contributed by atoms with Gasteiger partial charge in [-0.2, -0.15) is 0 Å². The molecule has 0 aromatic carbocycles. The Morgan fingerprint density at radius 1 is 1.19 bits per heavy atom. The van der Waals surface area contributed by atoms with Crippen molar-refractivity contribution in [1.29, 1.82) is 0 Å². The number of piperidine rings is 1. The minimum absolute atomic E-state index is 0.117. The number of anilines is 1. The lowest BCUT2D eigenvalue weighted by molar-refractivity contribution is -0.135. The van der Waals surface area contributed by atoms with Crippen molar-refractivity contribution in [1.82, 2.24) is 14.5 Å². The van der Waals surface area contributed by atoms with E-state index in [2.05, 4.69) is 4.98 Å². The van der Waals surface area contributed by atoms with Gasteiger partial charge in [0.25, 0.3) is 5.56 Å². The molecule has 0 unspecified atom stereocenters. The minimum atomic E-state index is -0.829. The first-order valence-electron chi connectivity index (χ1n) is 8.78. The van der Waals surface area contributed by atoms with Gasteiger partial charge >= 0.3 is 5.97 Å². The van der Waals surface area contributed by atoms with Crippen molar-refractivity contribution in [2.45, 2.75) is 26.2 Å². The van der Waals surface area contributed by atoms with Crippen molar-refractivity contribution in [2.24, 2.45) is 12.5 Å². The van der Waals surface area contributed by atoms with Crippen molar-refractivity contribution < 1.29 is 19.4 Å². The van der Waals surface area contributed by atoms with Crippen LogP contribution in [0.25, 0.3) is 0 Å². The van der Waals surface area contributed by atoms with E-state index in [-0.39, 0.29) is 23.6 Å². The molecule has 1 spiro atoms. The smallest absolute Gasteiger partial charge is 0.361 e. The van der Waals surface area contributed by atoms with E-state index in [4.69, 9.17) is 4.74 Å². The molecule has 1 aromatic heterocycles. The first-order valence-corrected chi connectivity index (χ1v) is 8.78. The standard InChI is InChI=1S/C17H24N4O5/c1-4-26-14(24)11-12(22)13(23)20(3)16(18-11)21-9-6-17(7-10-21)5-8-19(2)15(17)25/h22H,4-10H2,1-3H3. The van der Waals surface area contributed by atoms with Crippen LogP contribution in [0.15, 0.2) is 4.79 Å². The molecule has 0 bridgehead atoms. The van der Waals surface area contributed by atoms with Crippen LogP contribution in [0.2, 0.25) is 0 Å². The predicted molar refractivity (Wildman–Crippen MR) is 93.2 cm³/mol. The Hall–Kier alpha value is -2.58. The summed E-state index contributed by atoms with van der Waals surface area (Å²) in [6.07, 6.45) is 2.18. The average molecular weight is 364 g/mol. The van der Waals surface area contributed by atoms with Crippen molar-refractivity contribution in [3.63, 3.8) is 0 Å². The highest BCUT2D eigenvalue weighted by atomic mass is 16.5. The van der Waals surface area contributed by atoms with E-state index in [1.807, 2.05) is 11.9 Å². The van der Waals surface area contributed by atoms with Crippen molar-refractivity contribution in [2.75, 3.05) is 38.2 Å². The van der Waals surface area contributed by atoms with E-state index >= 15 is 0 Å². The number of hydrogen-bond donors (Lipinski definition) is 1. The van der Waals surface area contributed by atoms with Gasteiger partial charge < -0.3 is 19.6 Å². The van der Waals surface area contributed by atoms with E-state index in [1.165, 1.54) is 11.6 Å². The monoisotopic (exact) mass is 364 g/mol. The molecule has 3 heterocycles. The van der Waals surface area contributed by atoms with Gasteiger partial charge in [-0.3, -0.25) is 14.2 Å². The van der Waals surface area contributed by atoms with Gasteiger partial charge in [0.15, 0.2) is 5.69 Å². The fourth-order valence-corrected chi connectivity index (χ4v) is 3.80. The second-order valence-corrected chi connectivity index (χ2v) is 6.94. The van der Waals surface area contributed by atoms with Crippen LogP contribution in [-0.4, -0.2) is 64.7 Å². The number of hydrogen-bond acceptors (Lipinski definition) is 7. The number of rotatable bonds is 3. The van der Waals surface area contributed by atoms with E-state index in [0.29, 0.717) is 31.9 Å². The molecular formula is C17H24N4O5. The number of carbonyl (C=O) groups excluding carboxylic acids is 2. The van der Waals surface area contributed by atoms with E-state index in [1.54, 1.807) is 11.8 Å². The Bertz CT molecular complexity index is 795. The lowest BCUT2D eigenvalue weighted by Crippen LogP contribution is -2.46. The van der Waals surface area contributed by atoms with Crippen LogP contribution in [-0.2, 0) is 16.6 Å². The molecule has 0 atom stereocenters. The Kier molecular flexibility index (Phi) is 4.64. The lowest BCUT2D eigenvalue weighted by Gasteiger charge is -2.38. The molecule has 3 rings (SSSR count). The molecule has 0 saturated carbocycles. The molecule has 2 aliphatic heterocycles. The molecule has 9 heteroatoms. The third-order valence-electron chi connectivity index (χ3n) is 5.44. The molecule has 1 N–H and O–H groups in total. The Morgan fingerprint density at radius 3 is 2.35 bits per heavy atom. The van der Waals surface area contributed by atoms with Crippen molar-refractivity contribution in [3.8, 4) is 5.75 Å². The summed E-state index contributed by atoms with van der Waals surface area (Å²) < 4.78 is 6.09. The summed E-state index contributed by atoms with van der Waals surface area (Å²) in [5, 5.41) is 9.96. The van der Waals surface area contributed by atoms with Gasteiger partial charge in [-0.25, -0.2) is 9.78 Å². The maximum absolute atomic E-state index is 12.4. The van der Waals surface area contributed by atoms with Gasteiger partial charge in [0, 0.05) is 33.7 Å². The summed E-state index contributed by atoms with van der Waals surface area (Å²) in [6, 6.07) is 0. The second kappa shape index (κ2) is 6.62. The summed E-state index contributed by atoms with van der Waals surface area (Å²) in [5.41, 5.74) is -1.40. The average Bonchev–Trinajstić information content (AvgIpc) is 2.90. The van der Waals surface area contributed by atoms with Crippen LogP contribution in [0.1, 0.15) is 36.7 Å². The Labute approximate surface area is 151 Å². The number of esters is 1. The Morgan fingerprint density at radius 2 is 1.81 bits per heavy atom. The predicted octanol–water partition coefficient (Wildman–Crippen LogP) is 0.111. The molecule has 2 aliphatic rings. The maximum Gasteiger partial charge on any atom is 0.361 e. The zero-order chi connectivity index (χ0) is 19.1. The van der Waals surface area contributed by atoms with Gasteiger partial charge in [0.05, 0.1) is 12.0 Å². The topological polar surface area (TPSA) is 105 Å². The number of aromatic hydroxyl groups is 1. The highest BCUT2D eigenvalue weighted by Gasteiger charge is 2.47. The van der Waals surface area contributed by atoms with Crippen LogP contribution in [0.4, 0.5) is 5.95 Å². The Balaban J connectivity index is 1.88. The quantitative estimate of drug-likeness (QED) is 0.759. The van der Waals surface area contributed by atoms with E-state index in [0.717, 1.165) is 13.0 Å². The third kappa shape index (κ3) is 2.81. The fraction of sp³-hybridized carbons (Fsp3) is 0.647. The minimum Gasteiger partial charge on any atom is -0.501 e. The summed E-state index contributed by atoms with van der Waals surface area (Å²) in [7, 11) is 3.32. The first-order chi connectivity index (χ1) is 12.3. The SMILES string of the molecule is CCOC(=O)c1nc(N2CCC3(CCN(C)C3=O)CC2)n(C)c(=O)c1O. The molecule has 2 saturated heterocycles. The van der Waals surface area contributed by atoms with Gasteiger partial charge in [-0.15, -0.1) is 0 Å². The van der Waals surface area contributed by atoms with Crippen LogP contribution >= 0.6 is 0 Å². The lowest BCUT2D eigenvalue weighted by atomic mass is 9.77. The van der Waals surface area contributed by atoms with Crippen LogP contribution < -0.4 is 10.5 Å². The fourth-order valence-electron chi connectivity index (χ4n) is 3.80. The summed E-state index contributed by atoms with van der Waals surface area (Å²) in [6.45, 7) is 3.62. The first kappa shape index (κ1) is 18.2. The van der Waals surface area contributed by atoms with E-state index in [9.17, 15) is 19.5 Å². The molecule has 142 valence electrons. The number of carbonyl (C=O) groups is 2. The zero-order valence-electron chi connectivity index (χ0n) is 15.3.